The SMILES string of the molecule is O=C(O)CC1(NC(=O)c2ccc(Br)cc2Br)CCCC1. The van der Waals surface area contributed by atoms with Gasteiger partial charge in [-0.25, -0.2) is 0 Å². The minimum absolute atomic E-state index is 0.0209. The van der Waals surface area contributed by atoms with Gasteiger partial charge in [-0.2, -0.15) is 0 Å². The predicted molar refractivity (Wildman–Crippen MR) is 82.8 cm³/mol. The molecule has 0 saturated heterocycles. The van der Waals surface area contributed by atoms with Gasteiger partial charge in [0.1, 0.15) is 0 Å². The minimum Gasteiger partial charge on any atom is -0.481 e. The summed E-state index contributed by atoms with van der Waals surface area (Å²) in [6.45, 7) is 0. The molecule has 2 rings (SSSR count). The zero-order valence-electron chi connectivity index (χ0n) is 10.8. The molecule has 1 fully saturated rings. The van der Waals surface area contributed by atoms with Crippen molar-refractivity contribution in [2.45, 2.75) is 37.6 Å². The first kappa shape index (κ1) is 15.5. The second-order valence-electron chi connectivity index (χ2n) is 5.14. The maximum atomic E-state index is 12.4. The summed E-state index contributed by atoms with van der Waals surface area (Å²) in [5.74, 6) is -1.10. The molecular formula is C14H15Br2NO3. The molecule has 4 nitrogen and oxygen atoms in total. The van der Waals surface area contributed by atoms with Crippen molar-refractivity contribution < 1.29 is 14.7 Å². The Balaban J connectivity index is 2.18. The molecule has 2 N–H and O–H groups in total. The third kappa shape index (κ3) is 3.61. The van der Waals surface area contributed by atoms with Crippen LogP contribution in [0.2, 0.25) is 0 Å². The first-order chi connectivity index (χ1) is 9.42. The first-order valence-corrected chi connectivity index (χ1v) is 8.00. The number of carboxylic acids is 1. The molecule has 0 unspecified atom stereocenters. The van der Waals surface area contributed by atoms with Gasteiger partial charge in [0.05, 0.1) is 17.5 Å². The number of rotatable bonds is 4. The largest absolute Gasteiger partial charge is 0.481 e. The molecule has 0 spiro atoms. The molecule has 0 atom stereocenters. The van der Waals surface area contributed by atoms with E-state index in [4.69, 9.17) is 5.11 Å². The van der Waals surface area contributed by atoms with Crippen molar-refractivity contribution in [2.75, 3.05) is 0 Å². The van der Waals surface area contributed by atoms with E-state index in [-0.39, 0.29) is 12.3 Å². The highest BCUT2D eigenvalue weighted by atomic mass is 79.9. The lowest BCUT2D eigenvalue weighted by molar-refractivity contribution is -0.138. The Kier molecular flexibility index (Phi) is 4.86. The van der Waals surface area contributed by atoms with Crippen molar-refractivity contribution in [1.29, 1.82) is 0 Å². The summed E-state index contributed by atoms with van der Waals surface area (Å²) in [4.78, 5) is 23.4. The van der Waals surface area contributed by atoms with Gasteiger partial charge in [-0.1, -0.05) is 28.8 Å². The van der Waals surface area contributed by atoms with Crippen LogP contribution in [0.1, 0.15) is 42.5 Å². The van der Waals surface area contributed by atoms with Crippen LogP contribution in [0.15, 0.2) is 27.1 Å². The minimum atomic E-state index is -0.873. The van der Waals surface area contributed by atoms with Gasteiger partial charge < -0.3 is 10.4 Å². The van der Waals surface area contributed by atoms with Gasteiger partial charge in [-0.05, 0) is 47.0 Å². The fraction of sp³-hybridized carbons (Fsp3) is 0.429. The van der Waals surface area contributed by atoms with Gasteiger partial charge in [-0.15, -0.1) is 0 Å². The molecule has 108 valence electrons. The standard InChI is InChI=1S/C14H15Br2NO3/c15-9-3-4-10(11(16)7-9)13(20)17-14(8-12(18)19)5-1-2-6-14/h3-4,7H,1-2,5-6,8H2,(H,17,20)(H,18,19). The van der Waals surface area contributed by atoms with Crippen molar-refractivity contribution in [3.63, 3.8) is 0 Å². The van der Waals surface area contributed by atoms with Crippen molar-refractivity contribution in [3.8, 4) is 0 Å². The molecule has 1 amide bonds. The average Bonchev–Trinajstić information content (AvgIpc) is 2.75. The maximum absolute atomic E-state index is 12.4. The van der Waals surface area contributed by atoms with Crippen LogP contribution in [0.4, 0.5) is 0 Å². The summed E-state index contributed by atoms with van der Waals surface area (Å²) in [6, 6.07) is 5.30. The van der Waals surface area contributed by atoms with Crippen molar-refractivity contribution in [3.05, 3.63) is 32.7 Å². The predicted octanol–water partition coefficient (Wildman–Crippen LogP) is 3.73. The van der Waals surface area contributed by atoms with E-state index in [0.717, 1.165) is 30.2 Å². The third-order valence-electron chi connectivity index (χ3n) is 3.60. The lowest BCUT2D eigenvalue weighted by atomic mass is 9.92. The summed E-state index contributed by atoms with van der Waals surface area (Å²) in [7, 11) is 0. The van der Waals surface area contributed by atoms with Crippen LogP contribution in [0, 0.1) is 0 Å². The van der Waals surface area contributed by atoms with E-state index in [0.29, 0.717) is 10.0 Å². The topological polar surface area (TPSA) is 66.4 Å². The van der Waals surface area contributed by atoms with Crippen LogP contribution >= 0.6 is 31.9 Å². The average molecular weight is 405 g/mol. The third-order valence-corrected chi connectivity index (χ3v) is 4.75. The number of halogens is 2. The monoisotopic (exact) mass is 403 g/mol. The smallest absolute Gasteiger partial charge is 0.305 e. The van der Waals surface area contributed by atoms with E-state index in [1.807, 2.05) is 0 Å². The normalized spacial score (nSPS) is 16.9. The fourth-order valence-electron chi connectivity index (χ4n) is 2.67. The highest BCUT2D eigenvalue weighted by Crippen LogP contribution is 2.33. The highest BCUT2D eigenvalue weighted by Gasteiger charge is 2.37. The Morgan fingerprint density at radius 2 is 1.90 bits per heavy atom. The Labute approximate surface area is 134 Å². The lowest BCUT2D eigenvalue weighted by Gasteiger charge is -2.28. The molecule has 1 aromatic carbocycles. The number of carbonyl (C=O) groups is 2. The van der Waals surface area contributed by atoms with Crippen molar-refractivity contribution in [1.82, 2.24) is 5.32 Å². The molecule has 0 bridgehead atoms. The molecule has 1 saturated carbocycles. The molecule has 1 aliphatic carbocycles. The molecule has 0 heterocycles. The van der Waals surface area contributed by atoms with E-state index >= 15 is 0 Å². The van der Waals surface area contributed by atoms with Crippen molar-refractivity contribution in [2.24, 2.45) is 0 Å². The van der Waals surface area contributed by atoms with Crippen LogP contribution in [0.25, 0.3) is 0 Å². The van der Waals surface area contributed by atoms with Crippen LogP contribution in [0.3, 0.4) is 0 Å². The molecule has 20 heavy (non-hydrogen) atoms. The van der Waals surface area contributed by atoms with E-state index in [1.165, 1.54) is 0 Å². The zero-order chi connectivity index (χ0) is 14.8. The Morgan fingerprint density at radius 3 is 2.45 bits per heavy atom. The molecule has 0 aliphatic heterocycles. The van der Waals surface area contributed by atoms with Gasteiger partial charge in [-0.3, -0.25) is 9.59 Å². The molecular weight excluding hydrogens is 390 g/mol. The number of hydrogen-bond donors (Lipinski definition) is 2. The molecule has 6 heteroatoms. The number of benzene rings is 1. The highest BCUT2D eigenvalue weighted by molar-refractivity contribution is 9.11. The lowest BCUT2D eigenvalue weighted by Crippen LogP contribution is -2.47. The van der Waals surface area contributed by atoms with Gasteiger partial charge in [0.25, 0.3) is 5.91 Å². The number of nitrogens with one attached hydrogen (secondary N) is 1. The number of hydrogen-bond acceptors (Lipinski definition) is 2. The van der Waals surface area contributed by atoms with Crippen LogP contribution in [0.5, 0.6) is 0 Å². The summed E-state index contributed by atoms with van der Waals surface area (Å²) < 4.78 is 1.56. The number of aliphatic carboxylic acids is 1. The summed E-state index contributed by atoms with van der Waals surface area (Å²) in [5, 5.41) is 12.0. The summed E-state index contributed by atoms with van der Waals surface area (Å²) in [5.41, 5.74) is -0.0834. The molecule has 0 aromatic heterocycles. The first-order valence-electron chi connectivity index (χ1n) is 6.41. The number of carbonyl (C=O) groups excluding carboxylic acids is 1. The van der Waals surface area contributed by atoms with Gasteiger partial charge in [0.2, 0.25) is 0 Å². The van der Waals surface area contributed by atoms with E-state index in [2.05, 4.69) is 37.2 Å². The second-order valence-corrected chi connectivity index (χ2v) is 6.91. The quantitative estimate of drug-likeness (QED) is 0.803. The second kappa shape index (κ2) is 6.26. The van der Waals surface area contributed by atoms with Gasteiger partial charge in [0, 0.05) is 8.95 Å². The molecule has 0 radical (unpaired) electrons. The number of carboxylic acid groups (broad SMARTS) is 1. The van der Waals surface area contributed by atoms with Gasteiger partial charge >= 0.3 is 5.97 Å². The van der Waals surface area contributed by atoms with Crippen LogP contribution < -0.4 is 5.32 Å². The maximum Gasteiger partial charge on any atom is 0.305 e. The van der Waals surface area contributed by atoms with Crippen LogP contribution in [-0.4, -0.2) is 22.5 Å². The summed E-state index contributed by atoms with van der Waals surface area (Å²) >= 11 is 6.70. The van der Waals surface area contributed by atoms with Crippen molar-refractivity contribution >= 4 is 43.7 Å². The Hall–Kier alpha value is -0.880. The number of amides is 1. The van der Waals surface area contributed by atoms with Gasteiger partial charge in [0.15, 0.2) is 0 Å². The van der Waals surface area contributed by atoms with E-state index in [1.54, 1.807) is 18.2 Å². The Morgan fingerprint density at radius 1 is 1.25 bits per heavy atom. The fourth-order valence-corrected chi connectivity index (χ4v) is 3.90. The Bertz CT molecular complexity index is 539. The van der Waals surface area contributed by atoms with Crippen LogP contribution in [-0.2, 0) is 4.79 Å². The molecule has 1 aromatic rings. The molecule has 1 aliphatic rings. The van der Waals surface area contributed by atoms with E-state index < -0.39 is 11.5 Å². The zero-order valence-corrected chi connectivity index (χ0v) is 14.0. The van der Waals surface area contributed by atoms with E-state index in [9.17, 15) is 9.59 Å². The summed E-state index contributed by atoms with van der Waals surface area (Å²) in [6.07, 6.45) is 3.33.